The fraction of sp³-hybridized carbons (Fsp3) is 0.636. The lowest BCUT2D eigenvalue weighted by atomic mass is 9.99. The van der Waals surface area contributed by atoms with Crippen molar-refractivity contribution in [1.82, 2.24) is 14.7 Å². The van der Waals surface area contributed by atoms with Crippen molar-refractivity contribution in [2.75, 3.05) is 13.1 Å². The van der Waals surface area contributed by atoms with E-state index < -0.39 is 24.9 Å². The van der Waals surface area contributed by atoms with Crippen LogP contribution in [0.1, 0.15) is 12.8 Å². The van der Waals surface area contributed by atoms with Gasteiger partial charge < -0.3 is 4.90 Å². The number of aromatic nitrogens is 2. The van der Waals surface area contributed by atoms with Crippen LogP contribution >= 0.6 is 15.9 Å². The Labute approximate surface area is 116 Å². The number of hydrogen-bond acceptors (Lipinski definition) is 2. The molecule has 0 saturated carbocycles. The quantitative estimate of drug-likeness (QED) is 0.845. The Morgan fingerprint density at radius 3 is 2.68 bits per heavy atom. The molecular weight excluding hydrogens is 327 g/mol. The Morgan fingerprint density at radius 1 is 1.47 bits per heavy atom. The van der Waals surface area contributed by atoms with Gasteiger partial charge in [0.25, 0.3) is 0 Å². The molecular formula is C11H13BrF3N3O. The predicted molar refractivity (Wildman–Crippen MR) is 65.3 cm³/mol. The zero-order valence-electron chi connectivity index (χ0n) is 10.0. The monoisotopic (exact) mass is 339 g/mol. The highest BCUT2D eigenvalue weighted by Gasteiger charge is 2.34. The number of likely N-dealkylation sites (tertiary alicyclic amines) is 1. The molecule has 1 aliphatic heterocycles. The molecule has 0 aliphatic carbocycles. The zero-order chi connectivity index (χ0) is 14.0. The number of nitrogens with zero attached hydrogens (tertiary/aromatic N) is 3. The normalized spacial score (nSPS) is 16.5. The van der Waals surface area contributed by atoms with Crippen LogP contribution in [0.4, 0.5) is 13.2 Å². The van der Waals surface area contributed by atoms with Crippen molar-refractivity contribution >= 4 is 21.8 Å². The second kappa shape index (κ2) is 5.52. The van der Waals surface area contributed by atoms with Gasteiger partial charge in [0.2, 0.25) is 5.91 Å². The van der Waals surface area contributed by atoms with E-state index in [0.717, 1.165) is 4.47 Å². The first-order valence-corrected chi connectivity index (χ1v) is 6.65. The van der Waals surface area contributed by atoms with Crippen LogP contribution in [0.25, 0.3) is 0 Å². The van der Waals surface area contributed by atoms with Crippen molar-refractivity contribution < 1.29 is 18.0 Å². The minimum Gasteiger partial charge on any atom is -0.342 e. The molecule has 106 valence electrons. The SMILES string of the molecule is O=C(CCC(F)(F)F)N1CC(Cn2cc(Br)cn2)C1. The molecule has 1 fully saturated rings. The molecule has 0 N–H and O–H groups in total. The van der Waals surface area contributed by atoms with Gasteiger partial charge in [-0.2, -0.15) is 18.3 Å². The Hall–Kier alpha value is -1.05. The maximum Gasteiger partial charge on any atom is 0.389 e. The average molecular weight is 340 g/mol. The van der Waals surface area contributed by atoms with Crippen molar-refractivity contribution in [1.29, 1.82) is 0 Å². The van der Waals surface area contributed by atoms with Crippen molar-refractivity contribution in [3.63, 3.8) is 0 Å². The van der Waals surface area contributed by atoms with E-state index in [2.05, 4.69) is 21.0 Å². The molecule has 2 heterocycles. The highest BCUT2D eigenvalue weighted by Crippen LogP contribution is 2.24. The Morgan fingerprint density at radius 2 is 2.16 bits per heavy atom. The fourth-order valence-corrected chi connectivity index (χ4v) is 2.33. The highest BCUT2D eigenvalue weighted by molar-refractivity contribution is 9.10. The summed E-state index contributed by atoms with van der Waals surface area (Å²) in [5.74, 6) is -0.156. The summed E-state index contributed by atoms with van der Waals surface area (Å²) in [6, 6.07) is 0. The smallest absolute Gasteiger partial charge is 0.342 e. The molecule has 1 aliphatic rings. The second-order valence-electron chi connectivity index (χ2n) is 4.66. The summed E-state index contributed by atoms with van der Waals surface area (Å²) in [4.78, 5) is 12.9. The molecule has 2 rings (SSSR count). The molecule has 0 unspecified atom stereocenters. The van der Waals surface area contributed by atoms with Gasteiger partial charge >= 0.3 is 6.18 Å². The fourth-order valence-electron chi connectivity index (χ4n) is 2.00. The van der Waals surface area contributed by atoms with Gasteiger partial charge in [-0.15, -0.1) is 0 Å². The van der Waals surface area contributed by atoms with Crippen LogP contribution in [0.15, 0.2) is 16.9 Å². The third-order valence-electron chi connectivity index (χ3n) is 2.98. The molecule has 0 bridgehead atoms. The summed E-state index contributed by atoms with van der Waals surface area (Å²) in [5, 5.41) is 4.09. The molecule has 1 amide bonds. The second-order valence-corrected chi connectivity index (χ2v) is 5.58. The van der Waals surface area contributed by atoms with E-state index in [1.54, 1.807) is 10.9 Å². The first-order valence-electron chi connectivity index (χ1n) is 5.86. The standard InChI is InChI=1S/C11H13BrF3N3O/c12-9-3-16-18(7-9)6-8-4-17(5-8)10(19)1-2-11(13,14)15/h3,7-8H,1-2,4-6H2. The number of carbonyl (C=O) groups excluding carboxylic acids is 1. The summed E-state index contributed by atoms with van der Waals surface area (Å²) in [6.07, 6.45) is -2.26. The van der Waals surface area contributed by atoms with E-state index in [-0.39, 0.29) is 5.92 Å². The molecule has 1 saturated heterocycles. The van der Waals surface area contributed by atoms with Crippen LogP contribution in [0.2, 0.25) is 0 Å². The number of alkyl halides is 3. The van der Waals surface area contributed by atoms with Gasteiger partial charge in [0.15, 0.2) is 0 Å². The van der Waals surface area contributed by atoms with Crippen LogP contribution in [-0.4, -0.2) is 39.9 Å². The molecule has 0 atom stereocenters. The van der Waals surface area contributed by atoms with E-state index in [1.165, 1.54) is 4.90 Å². The van der Waals surface area contributed by atoms with E-state index in [9.17, 15) is 18.0 Å². The molecule has 8 heteroatoms. The van der Waals surface area contributed by atoms with Gasteiger partial charge in [-0.05, 0) is 15.9 Å². The molecule has 0 aromatic carbocycles. The maximum atomic E-state index is 12.0. The topological polar surface area (TPSA) is 38.1 Å². The molecule has 1 aromatic heterocycles. The predicted octanol–water partition coefficient (Wildman–Crippen LogP) is 2.45. The number of amides is 1. The lowest BCUT2D eigenvalue weighted by molar-refractivity contribution is -0.153. The summed E-state index contributed by atoms with van der Waals surface area (Å²) < 4.78 is 38.6. The third-order valence-corrected chi connectivity index (χ3v) is 3.39. The lowest BCUT2D eigenvalue weighted by Gasteiger charge is -2.39. The van der Waals surface area contributed by atoms with E-state index in [1.807, 2.05) is 6.20 Å². The highest BCUT2D eigenvalue weighted by atomic mass is 79.9. The van der Waals surface area contributed by atoms with E-state index in [4.69, 9.17) is 0 Å². The van der Waals surface area contributed by atoms with Crippen LogP contribution in [-0.2, 0) is 11.3 Å². The number of halogens is 4. The Kier molecular flexibility index (Phi) is 4.17. The van der Waals surface area contributed by atoms with Crippen LogP contribution in [0, 0.1) is 5.92 Å². The van der Waals surface area contributed by atoms with Gasteiger partial charge in [0.05, 0.1) is 17.1 Å². The largest absolute Gasteiger partial charge is 0.389 e. The van der Waals surface area contributed by atoms with Crippen molar-refractivity contribution in [3.8, 4) is 0 Å². The van der Waals surface area contributed by atoms with Crippen LogP contribution < -0.4 is 0 Å². The Bertz CT molecular complexity index is 454. The number of rotatable bonds is 4. The van der Waals surface area contributed by atoms with Crippen LogP contribution in [0.5, 0.6) is 0 Å². The van der Waals surface area contributed by atoms with E-state index >= 15 is 0 Å². The molecule has 0 spiro atoms. The van der Waals surface area contributed by atoms with Gasteiger partial charge in [0.1, 0.15) is 0 Å². The minimum absolute atomic E-state index is 0.265. The van der Waals surface area contributed by atoms with Gasteiger partial charge in [-0.3, -0.25) is 9.48 Å². The summed E-state index contributed by atoms with van der Waals surface area (Å²) in [7, 11) is 0. The first kappa shape index (κ1) is 14.4. The lowest BCUT2D eigenvalue weighted by Crippen LogP contribution is -2.51. The summed E-state index contributed by atoms with van der Waals surface area (Å²) in [5.41, 5.74) is 0. The van der Waals surface area contributed by atoms with Crippen LogP contribution in [0.3, 0.4) is 0 Å². The molecule has 1 aromatic rings. The minimum atomic E-state index is -4.26. The number of carbonyl (C=O) groups is 1. The van der Waals surface area contributed by atoms with Gasteiger partial charge in [-0.25, -0.2) is 0 Å². The first-order chi connectivity index (χ1) is 8.83. The van der Waals surface area contributed by atoms with Gasteiger partial charge in [0, 0.05) is 38.2 Å². The van der Waals surface area contributed by atoms with Crippen molar-refractivity contribution in [2.24, 2.45) is 5.92 Å². The molecule has 0 radical (unpaired) electrons. The van der Waals surface area contributed by atoms with Crippen molar-refractivity contribution in [2.45, 2.75) is 25.6 Å². The maximum absolute atomic E-state index is 12.0. The van der Waals surface area contributed by atoms with E-state index in [0.29, 0.717) is 19.6 Å². The van der Waals surface area contributed by atoms with Crippen molar-refractivity contribution in [3.05, 3.63) is 16.9 Å². The number of hydrogen-bond donors (Lipinski definition) is 0. The summed E-state index contributed by atoms with van der Waals surface area (Å²) >= 11 is 3.28. The molecule has 19 heavy (non-hydrogen) atoms. The Balaban J connectivity index is 1.69. The third kappa shape index (κ3) is 4.22. The zero-order valence-corrected chi connectivity index (χ0v) is 11.6. The average Bonchev–Trinajstić information content (AvgIpc) is 2.64. The van der Waals surface area contributed by atoms with Gasteiger partial charge in [-0.1, -0.05) is 0 Å². The molecule has 4 nitrogen and oxygen atoms in total. The summed E-state index contributed by atoms with van der Waals surface area (Å²) in [6.45, 7) is 1.69.